The summed E-state index contributed by atoms with van der Waals surface area (Å²) in [7, 11) is 0. The molecule has 1 aliphatic carbocycles. The minimum Gasteiger partial charge on any atom is -0.327 e. The van der Waals surface area contributed by atoms with Crippen molar-refractivity contribution >= 4 is 0 Å². The molecule has 0 aliphatic heterocycles. The zero-order valence-corrected chi connectivity index (χ0v) is 6.11. The van der Waals surface area contributed by atoms with Gasteiger partial charge in [-0.25, -0.2) is 8.78 Å². The molecular weight excluding hydrogens is 136 g/mol. The van der Waals surface area contributed by atoms with Crippen LogP contribution >= 0.6 is 0 Å². The number of halogens is 2. The molecule has 60 valence electrons. The molecular formula is C7H13F2N. The van der Waals surface area contributed by atoms with Crippen molar-refractivity contribution in [2.45, 2.75) is 38.2 Å². The van der Waals surface area contributed by atoms with Crippen LogP contribution in [0.1, 0.15) is 26.2 Å². The summed E-state index contributed by atoms with van der Waals surface area (Å²) in [6.07, 6.45) is 1.24. The number of nitrogens with two attached hydrogens (primary N) is 1. The Morgan fingerprint density at radius 2 is 2.20 bits per heavy atom. The van der Waals surface area contributed by atoms with E-state index in [4.69, 9.17) is 5.73 Å². The van der Waals surface area contributed by atoms with Crippen molar-refractivity contribution in [3.63, 3.8) is 0 Å². The SMILES string of the molecule is CC(N)C1CCCC1(F)F. The minimum atomic E-state index is -2.49. The van der Waals surface area contributed by atoms with Crippen LogP contribution in [-0.2, 0) is 0 Å². The smallest absolute Gasteiger partial charge is 0.252 e. The van der Waals surface area contributed by atoms with Gasteiger partial charge in [0.15, 0.2) is 0 Å². The lowest BCUT2D eigenvalue weighted by atomic mass is 9.98. The topological polar surface area (TPSA) is 26.0 Å². The van der Waals surface area contributed by atoms with Crippen molar-refractivity contribution in [3.8, 4) is 0 Å². The van der Waals surface area contributed by atoms with Crippen LogP contribution in [0, 0.1) is 5.92 Å². The predicted octanol–water partition coefficient (Wildman–Crippen LogP) is 1.77. The molecule has 0 aromatic rings. The Morgan fingerprint density at radius 3 is 2.40 bits per heavy atom. The van der Waals surface area contributed by atoms with Crippen molar-refractivity contribution in [2.24, 2.45) is 11.7 Å². The van der Waals surface area contributed by atoms with Crippen LogP contribution in [0.2, 0.25) is 0 Å². The molecule has 3 heteroatoms. The zero-order chi connectivity index (χ0) is 7.78. The maximum atomic E-state index is 12.8. The van der Waals surface area contributed by atoms with Gasteiger partial charge in [0.25, 0.3) is 5.92 Å². The van der Waals surface area contributed by atoms with Crippen molar-refractivity contribution in [1.29, 1.82) is 0 Å². The largest absolute Gasteiger partial charge is 0.327 e. The molecule has 0 amide bonds. The van der Waals surface area contributed by atoms with Crippen LogP contribution in [0.3, 0.4) is 0 Å². The molecule has 0 aromatic carbocycles. The minimum absolute atomic E-state index is 0.0270. The van der Waals surface area contributed by atoms with Crippen LogP contribution in [0.4, 0.5) is 8.78 Å². The summed E-state index contributed by atoms with van der Waals surface area (Å²) < 4.78 is 25.6. The molecule has 1 saturated carbocycles. The number of hydrogen-bond donors (Lipinski definition) is 1. The summed E-state index contributed by atoms with van der Waals surface area (Å²) in [5.41, 5.74) is 5.39. The summed E-state index contributed by atoms with van der Waals surface area (Å²) >= 11 is 0. The highest BCUT2D eigenvalue weighted by molar-refractivity contribution is 4.88. The lowest BCUT2D eigenvalue weighted by Crippen LogP contribution is -2.36. The second-order valence-corrected chi connectivity index (χ2v) is 3.12. The second kappa shape index (κ2) is 2.46. The Balaban J connectivity index is 2.59. The molecule has 1 aliphatic rings. The molecule has 2 unspecified atom stereocenters. The van der Waals surface area contributed by atoms with Gasteiger partial charge in [-0.15, -0.1) is 0 Å². The van der Waals surface area contributed by atoms with Gasteiger partial charge < -0.3 is 5.73 Å². The summed E-state index contributed by atoms with van der Waals surface area (Å²) in [5, 5.41) is 0. The van der Waals surface area contributed by atoms with E-state index in [1.807, 2.05) is 0 Å². The van der Waals surface area contributed by atoms with Crippen LogP contribution in [0.5, 0.6) is 0 Å². The first-order chi connectivity index (χ1) is 4.54. The van der Waals surface area contributed by atoms with Gasteiger partial charge in [0.1, 0.15) is 0 Å². The zero-order valence-electron chi connectivity index (χ0n) is 6.11. The molecule has 1 rings (SSSR count). The van der Waals surface area contributed by atoms with E-state index in [0.29, 0.717) is 12.8 Å². The fourth-order valence-corrected chi connectivity index (χ4v) is 1.60. The Kier molecular flexibility index (Phi) is 1.95. The third-order valence-corrected chi connectivity index (χ3v) is 2.20. The predicted molar refractivity (Wildman–Crippen MR) is 35.9 cm³/mol. The molecule has 2 N–H and O–H groups in total. The van der Waals surface area contributed by atoms with E-state index in [1.165, 1.54) is 0 Å². The highest BCUT2D eigenvalue weighted by Gasteiger charge is 2.45. The van der Waals surface area contributed by atoms with Crippen LogP contribution in [0.15, 0.2) is 0 Å². The molecule has 1 nitrogen and oxygen atoms in total. The monoisotopic (exact) mass is 149 g/mol. The first kappa shape index (κ1) is 7.92. The van der Waals surface area contributed by atoms with Gasteiger partial charge >= 0.3 is 0 Å². The van der Waals surface area contributed by atoms with E-state index in [2.05, 4.69) is 0 Å². The highest BCUT2D eigenvalue weighted by atomic mass is 19.3. The van der Waals surface area contributed by atoms with Gasteiger partial charge in [0, 0.05) is 18.4 Å². The summed E-state index contributed by atoms with van der Waals surface area (Å²) in [4.78, 5) is 0. The first-order valence-corrected chi connectivity index (χ1v) is 3.67. The first-order valence-electron chi connectivity index (χ1n) is 3.67. The molecule has 1 fully saturated rings. The lowest BCUT2D eigenvalue weighted by molar-refractivity contribution is -0.0432. The van der Waals surface area contributed by atoms with Crippen molar-refractivity contribution < 1.29 is 8.78 Å². The molecule has 0 aromatic heterocycles. The Morgan fingerprint density at radius 1 is 1.60 bits per heavy atom. The number of hydrogen-bond acceptors (Lipinski definition) is 1. The average Bonchev–Trinajstić information content (AvgIpc) is 2.08. The van der Waals surface area contributed by atoms with E-state index in [1.54, 1.807) is 6.92 Å². The molecule has 0 saturated heterocycles. The summed E-state index contributed by atoms with van der Waals surface area (Å²) in [5.74, 6) is -3.07. The average molecular weight is 149 g/mol. The molecule has 0 radical (unpaired) electrons. The Hall–Kier alpha value is -0.180. The summed E-state index contributed by atoms with van der Waals surface area (Å²) in [6, 6.07) is -0.363. The fraction of sp³-hybridized carbons (Fsp3) is 1.00. The van der Waals surface area contributed by atoms with Crippen LogP contribution in [-0.4, -0.2) is 12.0 Å². The normalized spacial score (nSPS) is 34.2. The van der Waals surface area contributed by atoms with Crippen molar-refractivity contribution in [3.05, 3.63) is 0 Å². The molecule has 10 heavy (non-hydrogen) atoms. The number of rotatable bonds is 1. The Bertz CT molecular complexity index is 123. The van der Waals surface area contributed by atoms with Crippen molar-refractivity contribution in [2.75, 3.05) is 0 Å². The van der Waals surface area contributed by atoms with E-state index in [9.17, 15) is 8.78 Å². The van der Waals surface area contributed by atoms with E-state index >= 15 is 0 Å². The quantitative estimate of drug-likeness (QED) is 0.604. The van der Waals surface area contributed by atoms with E-state index < -0.39 is 11.8 Å². The lowest BCUT2D eigenvalue weighted by Gasteiger charge is -2.21. The third kappa shape index (κ3) is 1.29. The Labute approximate surface area is 59.6 Å². The van der Waals surface area contributed by atoms with Gasteiger partial charge in [-0.05, 0) is 19.8 Å². The van der Waals surface area contributed by atoms with Crippen LogP contribution in [0.25, 0.3) is 0 Å². The number of alkyl halides is 2. The van der Waals surface area contributed by atoms with E-state index in [-0.39, 0.29) is 12.5 Å². The maximum absolute atomic E-state index is 12.8. The maximum Gasteiger partial charge on any atom is 0.252 e. The molecule has 0 spiro atoms. The third-order valence-electron chi connectivity index (χ3n) is 2.20. The highest BCUT2D eigenvalue weighted by Crippen LogP contribution is 2.41. The van der Waals surface area contributed by atoms with E-state index in [0.717, 1.165) is 0 Å². The second-order valence-electron chi connectivity index (χ2n) is 3.12. The molecule has 2 atom stereocenters. The summed E-state index contributed by atoms with van der Waals surface area (Å²) in [6.45, 7) is 1.66. The van der Waals surface area contributed by atoms with Gasteiger partial charge in [0.05, 0.1) is 0 Å². The van der Waals surface area contributed by atoms with Gasteiger partial charge in [-0.2, -0.15) is 0 Å². The van der Waals surface area contributed by atoms with Crippen LogP contribution < -0.4 is 5.73 Å². The van der Waals surface area contributed by atoms with Crippen molar-refractivity contribution in [1.82, 2.24) is 0 Å². The van der Waals surface area contributed by atoms with Gasteiger partial charge in [-0.3, -0.25) is 0 Å². The standard InChI is InChI=1S/C7H13F2N/c1-5(10)6-3-2-4-7(6,8)9/h5-6H,2-4,10H2,1H3. The molecule has 0 bridgehead atoms. The van der Waals surface area contributed by atoms with Gasteiger partial charge in [-0.1, -0.05) is 0 Å². The molecule has 0 heterocycles. The fourth-order valence-electron chi connectivity index (χ4n) is 1.60. The van der Waals surface area contributed by atoms with Gasteiger partial charge in [0.2, 0.25) is 0 Å².